The average molecular weight is 256 g/mol. The van der Waals surface area contributed by atoms with Crippen molar-refractivity contribution in [3.8, 4) is 17.6 Å². The average Bonchev–Trinajstić information content (AvgIpc) is 2.27. The van der Waals surface area contributed by atoms with E-state index < -0.39 is 0 Å². The Hall–Kier alpha value is -1.21. The molecule has 1 aromatic carbocycles. The van der Waals surface area contributed by atoms with E-state index in [0.717, 1.165) is 5.56 Å². The SMILES string of the molecule is COc1ccc(C(Br)C#N)c(OC)c1. The van der Waals surface area contributed by atoms with Crippen LogP contribution in [0.1, 0.15) is 10.4 Å². The van der Waals surface area contributed by atoms with Crippen LogP contribution >= 0.6 is 15.9 Å². The highest BCUT2D eigenvalue weighted by Crippen LogP contribution is 2.33. The molecule has 0 saturated heterocycles. The van der Waals surface area contributed by atoms with Crippen LogP contribution in [0.5, 0.6) is 11.5 Å². The standard InChI is InChI=1S/C10H10BrNO2/c1-13-7-3-4-8(9(11)6-12)10(5-7)14-2/h3-5,9H,1-2H3. The van der Waals surface area contributed by atoms with Gasteiger partial charge in [0.2, 0.25) is 0 Å². The highest BCUT2D eigenvalue weighted by atomic mass is 79.9. The summed E-state index contributed by atoms with van der Waals surface area (Å²) in [7, 11) is 3.15. The van der Waals surface area contributed by atoms with Gasteiger partial charge in [-0.15, -0.1) is 0 Å². The van der Waals surface area contributed by atoms with Gasteiger partial charge in [0.1, 0.15) is 16.3 Å². The number of ether oxygens (including phenoxy) is 2. The summed E-state index contributed by atoms with van der Waals surface area (Å²) in [5.74, 6) is 1.36. The van der Waals surface area contributed by atoms with E-state index in [4.69, 9.17) is 14.7 Å². The van der Waals surface area contributed by atoms with E-state index in [2.05, 4.69) is 22.0 Å². The fraction of sp³-hybridized carbons (Fsp3) is 0.300. The summed E-state index contributed by atoms with van der Waals surface area (Å²) in [6.07, 6.45) is 0. The summed E-state index contributed by atoms with van der Waals surface area (Å²) < 4.78 is 10.2. The molecule has 14 heavy (non-hydrogen) atoms. The van der Waals surface area contributed by atoms with Crippen LogP contribution in [0.25, 0.3) is 0 Å². The predicted octanol–water partition coefficient (Wildman–Crippen LogP) is 2.66. The van der Waals surface area contributed by atoms with E-state index in [0.29, 0.717) is 11.5 Å². The quantitative estimate of drug-likeness (QED) is 0.781. The maximum absolute atomic E-state index is 8.75. The minimum Gasteiger partial charge on any atom is -0.497 e. The molecule has 0 saturated carbocycles. The van der Waals surface area contributed by atoms with E-state index in [1.807, 2.05) is 0 Å². The third-order valence-electron chi connectivity index (χ3n) is 1.83. The van der Waals surface area contributed by atoms with Crippen molar-refractivity contribution in [3.63, 3.8) is 0 Å². The highest BCUT2D eigenvalue weighted by Gasteiger charge is 2.12. The predicted molar refractivity (Wildman–Crippen MR) is 56.8 cm³/mol. The number of benzene rings is 1. The molecule has 0 bridgehead atoms. The Bertz CT molecular complexity index is 360. The molecular formula is C10H10BrNO2. The summed E-state index contributed by atoms with van der Waals surface area (Å²) in [6, 6.07) is 7.44. The van der Waals surface area contributed by atoms with Crippen LogP contribution in [-0.4, -0.2) is 14.2 Å². The van der Waals surface area contributed by atoms with Gasteiger partial charge in [-0.25, -0.2) is 0 Å². The summed E-state index contributed by atoms with van der Waals surface area (Å²) in [4.78, 5) is -0.358. The van der Waals surface area contributed by atoms with Gasteiger partial charge in [-0.3, -0.25) is 0 Å². The number of nitrogens with zero attached hydrogens (tertiary/aromatic N) is 1. The van der Waals surface area contributed by atoms with Crippen molar-refractivity contribution in [2.45, 2.75) is 4.83 Å². The third kappa shape index (κ3) is 2.18. The van der Waals surface area contributed by atoms with Crippen molar-refractivity contribution in [2.75, 3.05) is 14.2 Å². The Balaban J connectivity index is 3.12. The summed E-state index contributed by atoms with van der Waals surface area (Å²) in [5.41, 5.74) is 0.802. The fourth-order valence-corrected chi connectivity index (χ4v) is 1.48. The molecule has 1 rings (SSSR count). The number of alkyl halides is 1. The molecule has 74 valence electrons. The lowest BCUT2D eigenvalue weighted by molar-refractivity contribution is 0.391. The smallest absolute Gasteiger partial charge is 0.130 e. The minimum absolute atomic E-state index is 0.358. The van der Waals surface area contributed by atoms with E-state index in [9.17, 15) is 0 Å². The molecule has 1 aromatic rings. The van der Waals surface area contributed by atoms with Gasteiger partial charge in [0.15, 0.2) is 0 Å². The number of methoxy groups -OCH3 is 2. The van der Waals surface area contributed by atoms with Crippen LogP contribution in [0.2, 0.25) is 0 Å². The van der Waals surface area contributed by atoms with Gasteiger partial charge in [0.05, 0.1) is 20.3 Å². The molecule has 4 heteroatoms. The van der Waals surface area contributed by atoms with Crippen molar-refractivity contribution in [1.29, 1.82) is 5.26 Å². The number of hydrogen-bond donors (Lipinski definition) is 0. The lowest BCUT2D eigenvalue weighted by atomic mass is 10.1. The van der Waals surface area contributed by atoms with Crippen LogP contribution in [0.15, 0.2) is 18.2 Å². The topological polar surface area (TPSA) is 42.2 Å². The lowest BCUT2D eigenvalue weighted by Gasteiger charge is -2.10. The molecule has 0 aliphatic carbocycles. The Labute approximate surface area is 91.4 Å². The monoisotopic (exact) mass is 255 g/mol. The van der Waals surface area contributed by atoms with Crippen molar-refractivity contribution >= 4 is 15.9 Å². The van der Waals surface area contributed by atoms with E-state index in [1.165, 1.54) is 0 Å². The number of hydrogen-bond acceptors (Lipinski definition) is 3. The van der Waals surface area contributed by atoms with Crippen molar-refractivity contribution in [3.05, 3.63) is 23.8 Å². The normalized spacial score (nSPS) is 11.6. The molecule has 0 heterocycles. The highest BCUT2D eigenvalue weighted by molar-refractivity contribution is 9.09. The van der Waals surface area contributed by atoms with Gasteiger partial charge in [-0.05, 0) is 12.1 Å². The van der Waals surface area contributed by atoms with Crippen molar-refractivity contribution in [1.82, 2.24) is 0 Å². The molecular weight excluding hydrogens is 246 g/mol. The first-order chi connectivity index (χ1) is 6.72. The molecule has 0 amide bonds. The van der Waals surface area contributed by atoms with Gasteiger partial charge in [0, 0.05) is 11.6 Å². The molecule has 3 nitrogen and oxygen atoms in total. The molecule has 0 fully saturated rings. The fourth-order valence-electron chi connectivity index (χ4n) is 1.10. The Morgan fingerprint density at radius 1 is 1.36 bits per heavy atom. The Kier molecular flexibility index (Phi) is 3.78. The van der Waals surface area contributed by atoms with E-state index in [-0.39, 0.29) is 4.83 Å². The number of nitriles is 1. The molecule has 0 N–H and O–H groups in total. The maximum Gasteiger partial charge on any atom is 0.130 e. The van der Waals surface area contributed by atoms with Gasteiger partial charge >= 0.3 is 0 Å². The van der Waals surface area contributed by atoms with Crippen molar-refractivity contribution in [2.24, 2.45) is 0 Å². The summed E-state index contributed by atoms with van der Waals surface area (Å²) >= 11 is 3.24. The van der Waals surface area contributed by atoms with Crippen LogP contribution in [0.4, 0.5) is 0 Å². The van der Waals surface area contributed by atoms with E-state index in [1.54, 1.807) is 32.4 Å². The zero-order valence-corrected chi connectivity index (χ0v) is 9.54. The molecule has 0 aromatic heterocycles. The lowest BCUT2D eigenvalue weighted by Crippen LogP contribution is -1.94. The molecule has 0 aliphatic rings. The first-order valence-electron chi connectivity index (χ1n) is 3.98. The largest absolute Gasteiger partial charge is 0.497 e. The Morgan fingerprint density at radius 2 is 2.07 bits per heavy atom. The zero-order valence-electron chi connectivity index (χ0n) is 7.95. The molecule has 0 aliphatic heterocycles. The van der Waals surface area contributed by atoms with Crippen molar-refractivity contribution < 1.29 is 9.47 Å². The van der Waals surface area contributed by atoms with Gasteiger partial charge in [-0.1, -0.05) is 15.9 Å². The maximum atomic E-state index is 8.75. The van der Waals surface area contributed by atoms with Crippen LogP contribution < -0.4 is 9.47 Å². The zero-order chi connectivity index (χ0) is 10.6. The van der Waals surface area contributed by atoms with Gasteiger partial charge in [0.25, 0.3) is 0 Å². The second-order valence-electron chi connectivity index (χ2n) is 2.60. The minimum atomic E-state index is -0.358. The first kappa shape index (κ1) is 10.9. The summed E-state index contributed by atoms with van der Waals surface area (Å²) in [6.45, 7) is 0. The molecule has 0 spiro atoms. The second kappa shape index (κ2) is 4.87. The van der Waals surface area contributed by atoms with Gasteiger partial charge in [-0.2, -0.15) is 5.26 Å². The number of halogens is 1. The third-order valence-corrected chi connectivity index (χ3v) is 2.53. The number of rotatable bonds is 3. The van der Waals surface area contributed by atoms with Crippen LogP contribution in [-0.2, 0) is 0 Å². The van der Waals surface area contributed by atoms with Crippen LogP contribution in [0, 0.1) is 11.3 Å². The van der Waals surface area contributed by atoms with Crippen LogP contribution in [0.3, 0.4) is 0 Å². The Morgan fingerprint density at radius 3 is 2.57 bits per heavy atom. The van der Waals surface area contributed by atoms with Gasteiger partial charge < -0.3 is 9.47 Å². The summed E-state index contributed by atoms with van der Waals surface area (Å²) in [5, 5.41) is 8.75. The second-order valence-corrected chi connectivity index (χ2v) is 3.52. The molecule has 0 radical (unpaired) electrons. The molecule has 1 atom stereocenters. The van der Waals surface area contributed by atoms with E-state index >= 15 is 0 Å². The first-order valence-corrected chi connectivity index (χ1v) is 4.90. The molecule has 1 unspecified atom stereocenters.